The van der Waals surface area contributed by atoms with Gasteiger partial charge in [0, 0.05) is 44.4 Å². The van der Waals surface area contributed by atoms with Crippen molar-refractivity contribution in [3.05, 3.63) is 75.3 Å². The van der Waals surface area contributed by atoms with E-state index in [1.54, 1.807) is 18.9 Å². The van der Waals surface area contributed by atoms with Gasteiger partial charge < -0.3 is 19.4 Å². The van der Waals surface area contributed by atoms with Gasteiger partial charge in [-0.3, -0.25) is 9.69 Å². The van der Waals surface area contributed by atoms with E-state index in [2.05, 4.69) is 56.3 Å². The number of aromatic nitrogens is 5. The largest absolute Gasteiger partial charge is 0.495 e. The fourth-order valence-corrected chi connectivity index (χ4v) is 5.05. The Morgan fingerprint density at radius 1 is 1.03 bits per heavy atom. The minimum Gasteiger partial charge on any atom is -0.495 e. The van der Waals surface area contributed by atoms with E-state index in [1.807, 2.05) is 30.3 Å². The summed E-state index contributed by atoms with van der Waals surface area (Å²) in [6, 6.07) is 13.8. The molecule has 0 bridgehead atoms. The van der Waals surface area contributed by atoms with Crippen LogP contribution in [0.1, 0.15) is 28.6 Å². The Bertz CT molecular complexity index is 1440. The Hall–Kier alpha value is -3.76. The van der Waals surface area contributed by atoms with E-state index in [-0.39, 0.29) is 5.56 Å². The summed E-state index contributed by atoms with van der Waals surface area (Å²) >= 11 is 0. The number of rotatable bonds is 8. The van der Waals surface area contributed by atoms with Crippen LogP contribution in [0.25, 0.3) is 10.9 Å². The lowest BCUT2D eigenvalue weighted by atomic mass is 10.00. The van der Waals surface area contributed by atoms with Crippen molar-refractivity contribution in [2.45, 2.75) is 26.4 Å². The van der Waals surface area contributed by atoms with Gasteiger partial charge in [-0.2, -0.15) is 0 Å². The lowest BCUT2D eigenvalue weighted by molar-refractivity contribution is 0.171. The van der Waals surface area contributed by atoms with E-state index in [4.69, 9.17) is 9.47 Å². The fraction of sp³-hybridized carbons (Fsp3) is 0.407. The summed E-state index contributed by atoms with van der Waals surface area (Å²) in [4.78, 5) is 21.2. The summed E-state index contributed by atoms with van der Waals surface area (Å²) in [5.74, 6) is 1.49. The average molecular weight is 504 g/mol. The number of para-hydroxylation sites is 2. The monoisotopic (exact) mass is 503 g/mol. The molecule has 3 heterocycles. The highest BCUT2D eigenvalue weighted by atomic mass is 16.5. The third-order valence-corrected chi connectivity index (χ3v) is 7.20. The van der Waals surface area contributed by atoms with Crippen LogP contribution in [0, 0.1) is 13.8 Å². The van der Waals surface area contributed by atoms with Gasteiger partial charge in [-0.25, -0.2) is 4.68 Å². The SMILES string of the molecule is COCCn1nnnc1C(c1cc2cc(C)c(C)cc2[nH]c1=O)N1CCN(c2ccccc2OC)CC1. The van der Waals surface area contributed by atoms with Gasteiger partial charge >= 0.3 is 0 Å². The Kier molecular flexibility index (Phi) is 7.20. The van der Waals surface area contributed by atoms with Gasteiger partial charge in [-0.05, 0) is 71.1 Å². The second-order valence-electron chi connectivity index (χ2n) is 9.43. The molecule has 0 amide bonds. The number of hydrogen-bond acceptors (Lipinski definition) is 8. The van der Waals surface area contributed by atoms with Crippen molar-refractivity contribution in [3.63, 3.8) is 0 Å². The zero-order chi connectivity index (χ0) is 25.9. The molecule has 0 aliphatic carbocycles. The summed E-state index contributed by atoms with van der Waals surface area (Å²) in [6.07, 6.45) is 0. The third kappa shape index (κ3) is 4.94. The van der Waals surface area contributed by atoms with Crippen LogP contribution in [-0.2, 0) is 11.3 Å². The molecule has 0 spiro atoms. The molecule has 0 saturated carbocycles. The fourth-order valence-electron chi connectivity index (χ4n) is 5.05. The number of nitrogens with one attached hydrogen (secondary N) is 1. The van der Waals surface area contributed by atoms with Crippen LogP contribution in [0.2, 0.25) is 0 Å². The average Bonchev–Trinajstić information content (AvgIpc) is 3.37. The van der Waals surface area contributed by atoms with E-state index in [0.29, 0.717) is 24.5 Å². The molecule has 2 aromatic heterocycles. The first-order chi connectivity index (χ1) is 18.0. The molecule has 0 radical (unpaired) electrons. The number of piperazine rings is 1. The number of H-pyrrole nitrogens is 1. The zero-order valence-electron chi connectivity index (χ0n) is 21.8. The maximum Gasteiger partial charge on any atom is 0.253 e. The summed E-state index contributed by atoms with van der Waals surface area (Å²) in [7, 11) is 3.34. The molecule has 1 aliphatic rings. The van der Waals surface area contributed by atoms with E-state index in [1.165, 1.54) is 5.56 Å². The topological polar surface area (TPSA) is 101 Å². The number of ether oxygens (including phenoxy) is 2. The number of hydrogen-bond donors (Lipinski definition) is 1. The predicted molar refractivity (Wildman–Crippen MR) is 142 cm³/mol. The summed E-state index contributed by atoms with van der Waals surface area (Å²) in [5.41, 5.74) is 4.72. The molecule has 10 heteroatoms. The van der Waals surface area contributed by atoms with Gasteiger partial charge in [-0.15, -0.1) is 5.10 Å². The number of nitrogens with zero attached hydrogens (tertiary/aromatic N) is 6. The van der Waals surface area contributed by atoms with Crippen LogP contribution >= 0.6 is 0 Å². The first-order valence-electron chi connectivity index (χ1n) is 12.5. The van der Waals surface area contributed by atoms with Gasteiger partial charge in [-0.1, -0.05) is 12.1 Å². The van der Waals surface area contributed by atoms with Crippen molar-refractivity contribution in [3.8, 4) is 5.75 Å². The summed E-state index contributed by atoms with van der Waals surface area (Å²) in [5, 5.41) is 13.6. The maximum atomic E-state index is 13.5. The van der Waals surface area contributed by atoms with Crippen molar-refractivity contribution >= 4 is 16.6 Å². The molecule has 1 fully saturated rings. The van der Waals surface area contributed by atoms with Crippen molar-refractivity contribution < 1.29 is 9.47 Å². The Labute approximate surface area is 215 Å². The lowest BCUT2D eigenvalue weighted by Gasteiger charge is -2.40. The lowest BCUT2D eigenvalue weighted by Crippen LogP contribution is -2.49. The molecule has 5 rings (SSSR count). The molecule has 10 nitrogen and oxygen atoms in total. The molecule has 1 saturated heterocycles. The molecule has 2 aromatic carbocycles. The smallest absolute Gasteiger partial charge is 0.253 e. The van der Waals surface area contributed by atoms with Crippen molar-refractivity contribution in [2.75, 3.05) is 51.9 Å². The van der Waals surface area contributed by atoms with Gasteiger partial charge in [0.2, 0.25) is 0 Å². The number of pyridine rings is 1. The zero-order valence-corrected chi connectivity index (χ0v) is 21.8. The molecule has 37 heavy (non-hydrogen) atoms. The van der Waals surface area contributed by atoms with Gasteiger partial charge in [0.05, 0.1) is 25.9 Å². The summed E-state index contributed by atoms with van der Waals surface area (Å²) in [6.45, 7) is 8.11. The summed E-state index contributed by atoms with van der Waals surface area (Å²) < 4.78 is 12.6. The Morgan fingerprint density at radius 3 is 2.54 bits per heavy atom. The molecular formula is C27H33N7O3. The van der Waals surface area contributed by atoms with E-state index >= 15 is 0 Å². The molecule has 4 aromatic rings. The molecule has 1 aliphatic heterocycles. The first kappa shape index (κ1) is 24.9. The molecular weight excluding hydrogens is 470 g/mol. The molecule has 1 N–H and O–H groups in total. The van der Waals surface area contributed by atoms with Crippen LogP contribution in [0.5, 0.6) is 5.75 Å². The standard InChI is InChI=1S/C27H33N7O3/c1-18-15-20-17-21(27(35)28-22(20)16-19(18)2)25(26-29-30-31-34(26)13-14-36-3)33-11-9-32(10-12-33)23-7-5-6-8-24(23)37-4/h5-8,15-17,25H,9-14H2,1-4H3,(H,28,35). The van der Waals surface area contributed by atoms with E-state index < -0.39 is 6.04 Å². The van der Waals surface area contributed by atoms with E-state index in [9.17, 15) is 4.79 Å². The van der Waals surface area contributed by atoms with E-state index in [0.717, 1.165) is 54.1 Å². The molecule has 1 unspecified atom stereocenters. The van der Waals surface area contributed by atoms with Crippen LogP contribution < -0.4 is 15.2 Å². The third-order valence-electron chi connectivity index (χ3n) is 7.20. The molecule has 194 valence electrons. The number of fused-ring (bicyclic) bond motifs is 1. The highest BCUT2D eigenvalue weighted by Gasteiger charge is 2.33. The number of benzene rings is 2. The highest BCUT2D eigenvalue weighted by molar-refractivity contribution is 5.81. The number of tetrazole rings is 1. The Morgan fingerprint density at radius 2 is 1.78 bits per heavy atom. The van der Waals surface area contributed by atoms with Gasteiger partial charge in [0.25, 0.3) is 5.56 Å². The van der Waals surface area contributed by atoms with Crippen LogP contribution in [-0.4, -0.2) is 77.1 Å². The Balaban J connectivity index is 1.53. The quantitative estimate of drug-likeness (QED) is 0.392. The van der Waals surface area contributed by atoms with Crippen LogP contribution in [0.4, 0.5) is 5.69 Å². The highest BCUT2D eigenvalue weighted by Crippen LogP contribution is 2.32. The van der Waals surface area contributed by atoms with Crippen molar-refractivity contribution in [1.82, 2.24) is 30.1 Å². The van der Waals surface area contributed by atoms with Crippen LogP contribution in [0.3, 0.4) is 0 Å². The minimum absolute atomic E-state index is 0.130. The second-order valence-corrected chi connectivity index (χ2v) is 9.43. The number of aryl methyl sites for hydroxylation is 2. The van der Waals surface area contributed by atoms with Gasteiger partial charge in [0.15, 0.2) is 5.82 Å². The predicted octanol–water partition coefficient (Wildman–Crippen LogP) is 2.70. The maximum absolute atomic E-state index is 13.5. The van der Waals surface area contributed by atoms with Crippen molar-refractivity contribution in [1.29, 1.82) is 0 Å². The number of anilines is 1. The normalized spacial score (nSPS) is 15.3. The minimum atomic E-state index is -0.401. The molecule has 1 atom stereocenters. The number of aromatic amines is 1. The number of methoxy groups -OCH3 is 2. The van der Waals surface area contributed by atoms with Crippen LogP contribution in [0.15, 0.2) is 47.3 Å². The second kappa shape index (κ2) is 10.7. The first-order valence-corrected chi connectivity index (χ1v) is 12.5. The van der Waals surface area contributed by atoms with Gasteiger partial charge in [0.1, 0.15) is 11.8 Å². The van der Waals surface area contributed by atoms with Crippen molar-refractivity contribution in [2.24, 2.45) is 0 Å².